The quantitative estimate of drug-likeness (QED) is 0.535. The van der Waals surface area contributed by atoms with E-state index in [1.54, 1.807) is 36.7 Å². The first kappa shape index (κ1) is 14.1. The molecule has 4 aromatic rings. The molecule has 0 aliphatic rings. The molecule has 0 spiro atoms. The monoisotopic (exact) mass is 319 g/mol. The number of imidazole rings is 1. The number of carbonyl (C=O) groups is 1. The third-order valence-electron chi connectivity index (χ3n) is 3.87. The molecule has 24 heavy (non-hydrogen) atoms. The van der Waals surface area contributed by atoms with E-state index in [2.05, 4.69) is 25.5 Å². The Balaban J connectivity index is 1.59. The highest BCUT2D eigenvalue weighted by Crippen LogP contribution is 2.14. The molecule has 0 saturated carbocycles. The Kier molecular flexibility index (Phi) is 3.31. The molecule has 0 aliphatic carbocycles. The van der Waals surface area contributed by atoms with Crippen LogP contribution in [0.4, 0.5) is 0 Å². The second-order valence-electron chi connectivity index (χ2n) is 5.36. The molecule has 7 heteroatoms. The number of rotatable bonds is 3. The normalized spacial score (nSPS) is 11.0. The highest BCUT2D eigenvalue weighted by Gasteiger charge is 2.10. The number of aromatic amines is 2. The molecule has 3 N–H and O–H groups in total. The number of benzene rings is 2. The van der Waals surface area contributed by atoms with Gasteiger partial charge in [-0.1, -0.05) is 18.2 Å². The van der Waals surface area contributed by atoms with Crippen molar-refractivity contribution >= 4 is 27.7 Å². The standard InChI is InChI=1S/C17H13N5O2/c23-16(10-5-6-13-14(7-10)20-9-19-13)18-8-15-11-3-1-2-4-12(11)17(24)22-21-15/h1-7,9H,8H2,(H,18,23)(H,19,20)(H,22,24). The van der Waals surface area contributed by atoms with Gasteiger partial charge in [-0.15, -0.1) is 0 Å². The largest absolute Gasteiger partial charge is 0.346 e. The van der Waals surface area contributed by atoms with E-state index >= 15 is 0 Å². The minimum Gasteiger partial charge on any atom is -0.346 e. The molecule has 118 valence electrons. The van der Waals surface area contributed by atoms with E-state index in [0.29, 0.717) is 16.6 Å². The van der Waals surface area contributed by atoms with E-state index in [1.165, 1.54) is 0 Å². The summed E-state index contributed by atoms with van der Waals surface area (Å²) in [4.78, 5) is 31.2. The zero-order chi connectivity index (χ0) is 16.5. The molecule has 0 unspecified atom stereocenters. The predicted octanol–water partition coefficient (Wildman–Crippen LogP) is 1.73. The summed E-state index contributed by atoms with van der Waals surface area (Å²) >= 11 is 0. The van der Waals surface area contributed by atoms with Crippen LogP contribution in [0.5, 0.6) is 0 Å². The first-order valence-electron chi connectivity index (χ1n) is 7.40. The number of hydrogen-bond acceptors (Lipinski definition) is 4. The highest BCUT2D eigenvalue weighted by molar-refractivity contribution is 5.97. The van der Waals surface area contributed by atoms with Crippen LogP contribution in [0.3, 0.4) is 0 Å². The van der Waals surface area contributed by atoms with Crippen LogP contribution in [0.15, 0.2) is 53.6 Å². The summed E-state index contributed by atoms with van der Waals surface area (Å²) in [6.45, 7) is 0.219. The maximum atomic E-state index is 12.3. The Morgan fingerprint density at radius 3 is 2.83 bits per heavy atom. The lowest BCUT2D eigenvalue weighted by molar-refractivity contribution is 0.0950. The molecule has 2 heterocycles. The second kappa shape index (κ2) is 5.62. The van der Waals surface area contributed by atoms with Crippen molar-refractivity contribution in [2.45, 2.75) is 6.54 Å². The van der Waals surface area contributed by atoms with Gasteiger partial charge in [0.05, 0.1) is 35.0 Å². The lowest BCUT2D eigenvalue weighted by atomic mass is 10.1. The van der Waals surface area contributed by atoms with Crippen LogP contribution >= 0.6 is 0 Å². The van der Waals surface area contributed by atoms with E-state index in [0.717, 1.165) is 16.4 Å². The minimum absolute atomic E-state index is 0.219. The number of fused-ring (bicyclic) bond motifs is 2. The molecular weight excluding hydrogens is 306 g/mol. The number of nitrogens with zero attached hydrogens (tertiary/aromatic N) is 2. The van der Waals surface area contributed by atoms with Crippen LogP contribution in [0.25, 0.3) is 21.8 Å². The summed E-state index contributed by atoms with van der Waals surface area (Å²) in [6.07, 6.45) is 1.59. The summed E-state index contributed by atoms with van der Waals surface area (Å²) in [6, 6.07) is 12.4. The van der Waals surface area contributed by atoms with Gasteiger partial charge in [-0.05, 0) is 24.3 Å². The van der Waals surface area contributed by atoms with Crippen molar-refractivity contribution in [2.75, 3.05) is 0 Å². The van der Waals surface area contributed by atoms with Gasteiger partial charge in [0, 0.05) is 10.9 Å². The van der Waals surface area contributed by atoms with E-state index in [-0.39, 0.29) is 18.0 Å². The fourth-order valence-corrected chi connectivity index (χ4v) is 2.65. The number of amides is 1. The molecule has 7 nitrogen and oxygen atoms in total. The lowest BCUT2D eigenvalue weighted by Gasteiger charge is -2.07. The van der Waals surface area contributed by atoms with Crippen molar-refractivity contribution in [3.05, 3.63) is 70.4 Å². The number of H-pyrrole nitrogens is 2. The number of nitrogens with one attached hydrogen (secondary N) is 3. The Hall–Kier alpha value is -3.48. The SMILES string of the molecule is O=C(NCc1n[nH]c(=O)c2ccccc12)c1ccc2nc[nH]c2c1. The molecule has 2 aromatic heterocycles. The van der Waals surface area contributed by atoms with Crippen molar-refractivity contribution in [1.29, 1.82) is 0 Å². The van der Waals surface area contributed by atoms with Gasteiger partial charge < -0.3 is 10.3 Å². The van der Waals surface area contributed by atoms with Gasteiger partial charge in [0.25, 0.3) is 11.5 Å². The highest BCUT2D eigenvalue weighted by atomic mass is 16.1. The van der Waals surface area contributed by atoms with E-state index in [1.807, 2.05) is 12.1 Å². The van der Waals surface area contributed by atoms with Gasteiger partial charge in [0.15, 0.2) is 0 Å². The summed E-state index contributed by atoms with van der Waals surface area (Å²) in [7, 11) is 0. The third kappa shape index (κ3) is 2.41. The average molecular weight is 319 g/mol. The molecule has 4 rings (SSSR count). The average Bonchev–Trinajstić information content (AvgIpc) is 3.09. The maximum absolute atomic E-state index is 12.3. The molecule has 0 bridgehead atoms. The van der Waals surface area contributed by atoms with Gasteiger partial charge in [-0.2, -0.15) is 5.10 Å². The van der Waals surface area contributed by atoms with E-state index in [9.17, 15) is 9.59 Å². The number of hydrogen-bond donors (Lipinski definition) is 3. The Morgan fingerprint density at radius 1 is 1.12 bits per heavy atom. The van der Waals surface area contributed by atoms with Crippen LogP contribution in [-0.2, 0) is 6.54 Å². The van der Waals surface area contributed by atoms with Crippen molar-refractivity contribution in [3.63, 3.8) is 0 Å². The molecule has 0 saturated heterocycles. The van der Waals surface area contributed by atoms with Gasteiger partial charge in [-0.3, -0.25) is 9.59 Å². The zero-order valence-corrected chi connectivity index (χ0v) is 12.5. The summed E-state index contributed by atoms with van der Waals surface area (Å²) in [5.41, 5.74) is 2.50. The van der Waals surface area contributed by atoms with Gasteiger partial charge in [0.1, 0.15) is 0 Å². The van der Waals surface area contributed by atoms with Gasteiger partial charge in [0.2, 0.25) is 0 Å². The van der Waals surface area contributed by atoms with Crippen molar-refractivity contribution in [2.24, 2.45) is 0 Å². The van der Waals surface area contributed by atoms with Crippen molar-refractivity contribution < 1.29 is 4.79 Å². The molecular formula is C17H13N5O2. The number of aromatic nitrogens is 4. The zero-order valence-electron chi connectivity index (χ0n) is 12.5. The Bertz CT molecular complexity index is 1110. The summed E-state index contributed by atoms with van der Waals surface area (Å²) in [5.74, 6) is -0.219. The van der Waals surface area contributed by atoms with E-state index in [4.69, 9.17) is 0 Å². The number of carbonyl (C=O) groups excluding carboxylic acids is 1. The van der Waals surface area contributed by atoms with Crippen molar-refractivity contribution in [3.8, 4) is 0 Å². The molecule has 0 aliphatic heterocycles. The summed E-state index contributed by atoms with van der Waals surface area (Å²) in [5, 5.41) is 10.6. The fraction of sp³-hybridized carbons (Fsp3) is 0.0588. The molecule has 1 amide bonds. The predicted molar refractivity (Wildman–Crippen MR) is 89.6 cm³/mol. The van der Waals surface area contributed by atoms with Crippen LogP contribution in [0, 0.1) is 0 Å². The van der Waals surface area contributed by atoms with E-state index < -0.39 is 0 Å². The lowest BCUT2D eigenvalue weighted by Crippen LogP contribution is -2.24. The minimum atomic E-state index is -0.245. The van der Waals surface area contributed by atoms with Crippen LogP contribution in [0.2, 0.25) is 0 Å². The maximum Gasteiger partial charge on any atom is 0.272 e. The second-order valence-corrected chi connectivity index (χ2v) is 5.36. The first-order chi connectivity index (χ1) is 11.7. The molecule has 2 aromatic carbocycles. The fourth-order valence-electron chi connectivity index (χ4n) is 2.65. The Labute approximate surface area is 135 Å². The Morgan fingerprint density at radius 2 is 1.96 bits per heavy atom. The smallest absolute Gasteiger partial charge is 0.272 e. The van der Waals surface area contributed by atoms with Crippen LogP contribution < -0.4 is 10.9 Å². The summed E-state index contributed by atoms with van der Waals surface area (Å²) < 4.78 is 0. The van der Waals surface area contributed by atoms with Gasteiger partial charge in [-0.25, -0.2) is 10.1 Å². The molecule has 0 atom stereocenters. The van der Waals surface area contributed by atoms with Crippen LogP contribution in [0.1, 0.15) is 16.1 Å². The van der Waals surface area contributed by atoms with Crippen molar-refractivity contribution in [1.82, 2.24) is 25.5 Å². The topological polar surface area (TPSA) is 104 Å². The van der Waals surface area contributed by atoms with Gasteiger partial charge >= 0.3 is 0 Å². The molecule has 0 fully saturated rings. The first-order valence-corrected chi connectivity index (χ1v) is 7.40. The third-order valence-corrected chi connectivity index (χ3v) is 3.87. The van der Waals surface area contributed by atoms with Crippen LogP contribution in [-0.4, -0.2) is 26.1 Å². The molecule has 0 radical (unpaired) electrons.